The highest BCUT2D eigenvalue weighted by Gasteiger charge is 2.04. The molecule has 5 nitrogen and oxygen atoms in total. The Balaban J connectivity index is 1.49. The molecule has 3 rings (SSSR count). The van der Waals surface area contributed by atoms with Crippen molar-refractivity contribution in [2.45, 2.75) is 6.92 Å². The molecular formula is C22H20N2O3. The molecule has 0 radical (unpaired) electrons. The Kier molecular flexibility index (Phi) is 5.84. The molecule has 0 spiro atoms. The van der Waals surface area contributed by atoms with Crippen LogP contribution in [0, 0.1) is 6.92 Å². The average molecular weight is 360 g/mol. The fraction of sp³-hybridized carbons (Fsp3) is 0.0909. The van der Waals surface area contributed by atoms with E-state index in [4.69, 9.17) is 4.74 Å². The molecule has 0 atom stereocenters. The second-order valence-corrected chi connectivity index (χ2v) is 6.04. The lowest BCUT2D eigenvalue weighted by Gasteiger charge is -2.08. The predicted molar refractivity (Wildman–Crippen MR) is 106 cm³/mol. The van der Waals surface area contributed by atoms with Gasteiger partial charge in [0, 0.05) is 6.08 Å². The average Bonchev–Trinajstić information content (AvgIpc) is 2.70. The fourth-order valence-electron chi connectivity index (χ4n) is 2.55. The van der Waals surface area contributed by atoms with Crippen LogP contribution in [0.4, 0.5) is 0 Å². The minimum atomic E-state index is -0.442. The number of nitrogens with one attached hydrogen (secondary N) is 2. The summed E-state index contributed by atoms with van der Waals surface area (Å²) in [5, 5.41) is 2.15. The molecule has 0 fully saturated rings. The van der Waals surface area contributed by atoms with Gasteiger partial charge in [0.25, 0.3) is 11.8 Å². The standard InChI is InChI=1S/C22H20N2O3/c1-16-9-12-19(13-10-16)27-15-22(26)24-23-21(25)14-11-18-7-4-6-17-5-2-3-8-20(17)18/h2-14H,15H2,1H3,(H,23,25)(H,24,26)/b14-11+. The highest BCUT2D eigenvalue weighted by atomic mass is 16.5. The fourth-order valence-corrected chi connectivity index (χ4v) is 2.55. The van der Waals surface area contributed by atoms with Gasteiger partial charge in [0.05, 0.1) is 0 Å². The summed E-state index contributed by atoms with van der Waals surface area (Å²) in [6.07, 6.45) is 3.09. The summed E-state index contributed by atoms with van der Waals surface area (Å²) in [4.78, 5) is 23.7. The number of aryl methyl sites for hydroxylation is 1. The van der Waals surface area contributed by atoms with E-state index in [1.807, 2.05) is 61.5 Å². The maximum atomic E-state index is 11.9. The van der Waals surface area contributed by atoms with Crippen LogP contribution in [0.1, 0.15) is 11.1 Å². The summed E-state index contributed by atoms with van der Waals surface area (Å²) in [5.41, 5.74) is 6.70. The third kappa shape index (κ3) is 5.19. The normalized spacial score (nSPS) is 10.7. The van der Waals surface area contributed by atoms with Crippen molar-refractivity contribution in [1.29, 1.82) is 0 Å². The first-order valence-corrected chi connectivity index (χ1v) is 8.56. The number of hydrazine groups is 1. The first kappa shape index (κ1) is 18.2. The summed E-state index contributed by atoms with van der Waals surface area (Å²) < 4.78 is 5.35. The van der Waals surface area contributed by atoms with Crippen molar-refractivity contribution in [2.75, 3.05) is 6.61 Å². The molecule has 0 aliphatic carbocycles. The zero-order valence-electron chi connectivity index (χ0n) is 14.9. The quantitative estimate of drug-likeness (QED) is 0.541. The van der Waals surface area contributed by atoms with Crippen LogP contribution in [0.15, 0.2) is 72.8 Å². The van der Waals surface area contributed by atoms with Crippen LogP contribution in [-0.4, -0.2) is 18.4 Å². The summed E-state index contributed by atoms with van der Waals surface area (Å²) in [5.74, 6) is -0.271. The van der Waals surface area contributed by atoms with Gasteiger partial charge in [0.2, 0.25) is 0 Å². The zero-order chi connectivity index (χ0) is 19.1. The van der Waals surface area contributed by atoms with E-state index in [-0.39, 0.29) is 6.61 Å². The van der Waals surface area contributed by atoms with Crippen molar-refractivity contribution in [2.24, 2.45) is 0 Å². The van der Waals surface area contributed by atoms with Gasteiger partial charge in [-0.25, -0.2) is 0 Å². The van der Waals surface area contributed by atoms with Gasteiger partial charge < -0.3 is 4.74 Å². The molecule has 0 saturated carbocycles. The third-order valence-electron chi connectivity index (χ3n) is 3.95. The first-order chi connectivity index (χ1) is 13.1. The maximum absolute atomic E-state index is 11.9. The topological polar surface area (TPSA) is 67.4 Å². The third-order valence-corrected chi connectivity index (χ3v) is 3.95. The number of carbonyl (C=O) groups is 2. The Bertz CT molecular complexity index is 973. The number of benzene rings is 3. The molecule has 136 valence electrons. The molecule has 3 aromatic rings. The second kappa shape index (κ2) is 8.67. The molecule has 2 N–H and O–H groups in total. The number of rotatable bonds is 5. The van der Waals surface area contributed by atoms with E-state index in [2.05, 4.69) is 10.9 Å². The van der Waals surface area contributed by atoms with Gasteiger partial charge in [-0.05, 0) is 41.5 Å². The van der Waals surface area contributed by atoms with Crippen molar-refractivity contribution >= 4 is 28.7 Å². The number of hydrogen-bond donors (Lipinski definition) is 2. The zero-order valence-corrected chi connectivity index (χ0v) is 14.9. The van der Waals surface area contributed by atoms with Crippen molar-refractivity contribution in [3.8, 4) is 5.75 Å². The summed E-state index contributed by atoms with van der Waals surface area (Å²) in [6, 6.07) is 21.2. The predicted octanol–water partition coefficient (Wildman–Crippen LogP) is 3.39. The van der Waals surface area contributed by atoms with Crippen LogP contribution in [0.25, 0.3) is 16.8 Å². The van der Waals surface area contributed by atoms with E-state index in [9.17, 15) is 9.59 Å². The van der Waals surface area contributed by atoms with Crippen LogP contribution >= 0.6 is 0 Å². The van der Waals surface area contributed by atoms with Crippen molar-refractivity contribution in [3.05, 3.63) is 83.9 Å². The molecule has 0 saturated heterocycles. The van der Waals surface area contributed by atoms with Crippen LogP contribution in [0.5, 0.6) is 5.75 Å². The van der Waals surface area contributed by atoms with E-state index >= 15 is 0 Å². The van der Waals surface area contributed by atoms with Crippen molar-refractivity contribution in [1.82, 2.24) is 10.9 Å². The van der Waals surface area contributed by atoms with E-state index in [1.165, 1.54) is 6.08 Å². The smallest absolute Gasteiger partial charge is 0.276 e. The number of ether oxygens (including phenoxy) is 1. The monoisotopic (exact) mass is 360 g/mol. The number of carbonyl (C=O) groups excluding carboxylic acids is 2. The molecule has 5 heteroatoms. The molecule has 3 aromatic carbocycles. The highest BCUT2D eigenvalue weighted by Crippen LogP contribution is 2.19. The van der Waals surface area contributed by atoms with Crippen LogP contribution < -0.4 is 15.6 Å². The molecule has 0 aromatic heterocycles. The van der Waals surface area contributed by atoms with Crippen LogP contribution in [-0.2, 0) is 9.59 Å². The Labute approximate surface area is 157 Å². The van der Waals surface area contributed by atoms with E-state index in [0.29, 0.717) is 5.75 Å². The van der Waals surface area contributed by atoms with E-state index < -0.39 is 11.8 Å². The molecule has 0 aliphatic heterocycles. The van der Waals surface area contributed by atoms with Crippen LogP contribution in [0.2, 0.25) is 0 Å². The van der Waals surface area contributed by atoms with E-state index in [0.717, 1.165) is 21.9 Å². The van der Waals surface area contributed by atoms with Crippen molar-refractivity contribution in [3.63, 3.8) is 0 Å². The molecule has 0 unspecified atom stereocenters. The lowest BCUT2D eigenvalue weighted by Crippen LogP contribution is -2.43. The summed E-state index contributed by atoms with van der Waals surface area (Å²) in [7, 11) is 0. The Morgan fingerprint density at radius 3 is 2.48 bits per heavy atom. The lowest BCUT2D eigenvalue weighted by molar-refractivity contribution is -0.128. The largest absolute Gasteiger partial charge is 0.484 e. The molecule has 0 bridgehead atoms. The van der Waals surface area contributed by atoms with Gasteiger partial charge in [-0.15, -0.1) is 0 Å². The first-order valence-electron chi connectivity index (χ1n) is 8.56. The van der Waals surface area contributed by atoms with Gasteiger partial charge >= 0.3 is 0 Å². The lowest BCUT2D eigenvalue weighted by atomic mass is 10.0. The van der Waals surface area contributed by atoms with E-state index in [1.54, 1.807) is 18.2 Å². The molecule has 2 amide bonds. The second-order valence-electron chi connectivity index (χ2n) is 6.04. The number of fused-ring (bicyclic) bond motifs is 1. The number of amides is 2. The van der Waals surface area contributed by atoms with Crippen molar-refractivity contribution < 1.29 is 14.3 Å². The molecule has 27 heavy (non-hydrogen) atoms. The van der Waals surface area contributed by atoms with Gasteiger partial charge in [0.15, 0.2) is 6.61 Å². The Morgan fingerprint density at radius 2 is 1.67 bits per heavy atom. The minimum Gasteiger partial charge on any atom is -0.484 e. The SMILES string of the molecule is Cc1ccc(OCC(=O)NNC(=O)/C=C/c2cccc3ccccc23)cc1. The molecular weight excluding hydrogens is 340 g/mol. The van der Waals surface area contributed by atoms with Gasteiger partial charge in [0.1, 0.15) is 5.75 Å². The van der Waals surface area contributed by atoms with Crippen LogP contribution in [0.3, 0.4) is 0 Å². The maximum Gasteiger partial charge on any atom is 0.276 e. The summed E-state index contributed by atoms with van der Waals surface area (Å²) in [6.45, 7) is 1.79. The number of hydrogen-bond acceptors (Lipinski definition) is 3. The Morgan fingerprint density at radius 1 is 0.926 bits per heavy atom. The van der Waals surface area contributed by atoms with Gasteiger partial charge in [-0.2, -0.15) is 0 Å². The minimum absolute atomic E-state index is 0.184. The molecule has 0 aliphatic rings. The highest BCUT2D eigenvalue weighted by molar-refractivity contribution is 5.97. The van der Waals surface area contributed by atoms with Gasteiger partial charge in [-0.1, -0.05) is 60.2 Å². The molecule has 0 heterocycles. The van der Waals surface area contributed by atoms with Gasteiger partial charge in [-0.3, -0.25) is 20.4 Å². The Hall–Kier alpha value is -3.60. The summed E-state index contributed by atoms with van der Waals surface area (Å²) >= 11 is 0.